The quantitative estimate of drug-likeness (QED) is 0.518. The van der Waals surface area contributed by atoms with Gasteiger partial charge in [-0.15, -0.1) is 0 Å². The number of rotatable bonds is 5. The van der Waals surface area contributed by atoms with Gasteiger partial charge in [-0.05, 0) is 73.8 Å². The Balaban J connectivity index is 1.27. The van der Waals surface area contributed by atoms with E-state index in [1.165, 1.54) is 5.56 Å². The first-order valence-corrected chi connectivity index (χ1v) is 13.4. The minimum absolute atomic E-state index is 0.0667. The smallest absolute Gasteiger partial charge is 0.289 e. The van der Waals surface area contributed by atoms with Crippen molar-refractivity contribution in [3.63, 3.8) is 0 Å². The highest BCUT2D eigenvalue weighted by molar-refractivity contribution is 5.96. The molecule has 2 saturated heterocycles. The topological polar surface area (TPSA) is 74.0 Å². The summed E-state index contributed by atoms with van der Waals surface area (Å²) in [5.74, 6) is 0.929. The molecule has 6 nitrogen and oxygen atoms in total. The van der Waals surface area contributed by atoms with Gasteiger partial charge in [-0.25, -0.2) is 0 Å². The zero-order valence-corrected chi connectivity index (χ0v) is 21.1. The molecule has 0 bridgehead atoms. The molecular weight excluding hydrogens is 452 g/mol. The highest BCUT2D eigenvalue weighted by Crippen LogP contribution is 2.36. The number of benzene rings is 2. The average molecular weight is 489 g/mol. The van der Waals surface area contributed by atoms with Gasteiger partial charge in [0, 0.05) is 38.0 Å². The van der Waals surface area contributed by atoms with Crippen molar-refractivity contribution in [2.75, 3.05) is 26.2 Å². The number of hydrogen-bond donors (Lipinski definition) is 1. The number of piperidine rings is 1. The van der Waals surface area contributed by atoms with Gasteiger partial charge in [0.15, 0.2) is 5.76 Å². The van der Waals surface area contributed by atoms with Crippen LogP contribution < -0.4 is 0 Å². The van der Waals surface area contributed by atoms with Gasteiger partial charge >= 0.3 is 0 Å². The van der Waals surface area contributed by atoms with Crippen LogP contribution in [0.15, 0.2) is 59.0 Å². The Labute approximate surface area is 212 Å². The van der Waals surface area contributed by atoms with Crippen LogP contribution in [0.5, 0.6) is 0 Å². The van der Waals surface area contributed by atoms with E-state index in [0.29, 0.717) is 56.2 Å². The summed E-state index contributed by atoms with van der Waals surface area (Å²) in [5.41, 5.74) is 1.84. The van der Waals surface area contributed by atoms with E-state index < -0.39 is 5.60 Å². The lowest BCUT2D eigenvalue weighted by molar-refractivity contribution is -0.135. The Morgan fingerprint density at radius 2 is 1.75 bits per heavy atom. The first-order chi connectivity index (χ1) is 17.5. The molecule has 3 aromatic rings. The first kappa shape index (κ1) is 24.6. The fourth-order valence-electron chi connectivity index (χ4n) is 5.74. The Morgan fingerprint density at radius 1 is 0.972 bits per heavy atom. The molecule has 2 aromatic carbocycles. The molecule has 1 unspecified atom stereocenters. The summed E-state index contributed by atoms with van der Waals surface area (Å²) in [5, 5.41) is 12.2. The maximum atomic E-state index is 13.3. The third kappa shape index (κ3) is 5.05. The van der Waals surface area contributed by atoms with Crippen molar-refractivity contribution < 1.29 is 19.1 Å². The van der Waals surface area contributed by atoms with E-state index in [4.69, 9.17) is 4.42 Å². The standard InChI is InChI=1S/C30H36N2O4/c1-2-7-28(33)31-18-14-30(35,15-19-31)25-11-12-26-24(20-25)21-27(36-26)29(34)32-16-6-10-23(13-17-32)22-8-4-3-5-9-22/h3-5,8-9,11-12,20-21,23,35H,2,6-7,10,13-19H2,1H3. The SMILES string of the molecule is CCCC(=O)N1CCC(O)(c2ccc3oc(C(=O)N4CCCC(c5ccccc5)CC4)cc3c2)CC1. The van der Waals surface area contributed by atoms with Crippen LogP contribution in [0.4, 0.5) is 0 Å². The predicted octanol–water partition coefficient (Wildman–Crippen LogP) is 5.45. The van der Waals surface area contributed by atoms with Crippen molar-refractivity contribution in [2.45, 2.75) is 63.4 Å². The summed E-state index contributed by atoms with van der Waals surface area (Å²) in [6.07, 6.45) is 5.41. The average Bonchev–Trinajstić information content (AvgIpc) is 3.18. The molecular formula is C30H36N2O4. The van der Waals surface area contributed by atoms with Crippen molar-refractivity contribution in [1.29, 1.82) is 0 Å². The lowest BCUT2D eigenvalue weighted by Gasteiger charge is -2.38. The molecule has 190 valence electrons. The molecule has 2 aliphatic rings. The second-order valence-corrected chi connectivity index (χ2v) is 10.4. The molecule has 3 heterocycles. The van der Waals surface area contributed by atoms with Crippen molar-refractivity contribution in [2.24, 2.45) is 0 Å². The molecule has 0 radical (unpaired) electrons. The summed E-state index contributed by atoms with van der Waals surface area (Å²) >= 11 is 0. The lowest BCUT2D eigenvalue weighted by Crippen LogP contribution is -2.45. The molecule has 6 heteroatoms. The van der Waals surface area contributed by atoms with E-state index in [9.17, 15) is 14.7 Å². The van der Waals surface area contributed by atoms with Crippen LogP contribution in [-0.4, -0.2) is 52.9 Å². The second-order valence-electron chi connectivity index (χ2n) is 10.4. The molecule has 1 aromatic heterocycles. The lowest BCUT2D eigenvalue weighted by atomic mass is 9.84. The highest BCUT2D eigenvalue weighted by Gasteiger charge is 2.35. The number of carbonyl (C=O) groups excluding carboxylic acids is 2. The summed E-state index contributed by atoms with van der Waals surface area (Å²) < 4.78 is 5.96. The van der Waals surface area contributed by atoms with E-state index in [2.05, 4.69) is 24.3 Å². The van der Waals surface area contributed by atoms with Gasteiger partial charge in [-0.2, -0.15) is 0 Å². The zero-order valence-electron chi connectivity index (χ0n) is 21.1. The highest BCUT2D eigenvalue weighted by atomic mass is 16.3. The van der Waals surface area contributed by atoms with Gasteiger partial charge in [-0.1, -0.05) is 43.3 Å². The molecule has 5 rings (SSSR count). The van der Waals surface area contributed by atoms with E-state index in [-0.39, 0.29) is 11.8 Å². The summed E-state index contributed by atoms with van der Waals surface area (Å²) in [7, 11) is 0. The van der Waals surface area contributed by atoms with Gasteiger partial charge < -0.3 is 19.3 Å². The van der Waals surface area contributed by atoms with Crippen LogP contribution in [0.1, 0.15) is 79.5 Å². The molecule has 0 aliphatic carbocycles. The fraction of sp³-hybridized carbons (Fsp3) is 0.467. The third-order valence-electron chi connectivity index (χ3n) is 7.96. The minimum atomic E-state index is -0.976. The monoisotopic (exact) mass is 488 g/mol. The van der Waals surface area contributed by atoms with E-state index in [1.54, 1.807) is 0 Å². The fourth-order valence-corrected chi connectivity index (χ4v) is 5.74. The van der Waals surface area contributed by atoms with Crippen molar-refractivity contribution in [1.82, 2.24) is 9.80 Å². The predicted molar refractivity (Wildman–Crippen MR) is 140 cm³/mol. The number of hydrogen-bond acceptors (Lipinski definition) is 4. The molecule has 1 atom stereocenters. The van der Waals surface area contributed by atoms with Gasteiger partial charge in [-0.3, -0.25) is 9.59 Å². The van der Waals surface area contributed by atoms with Crippen LogP contribution in [0, 0.1) is 0 Å². The van der Waals surface area contributed by atoms with Gasteiger partial charge in [0.25, 0.3) is 5.91 Å². The van der Waals surface area contributed by atoms with Crippen molar-refractivity contribution in [3.8, 4) is 0 Å². The normalized spacial score (nSPS) is 20.3. The Morgan fingerprint density at radius 3 is 2.50 bits per heavy atom. The van der Waals surface area contributed by atoms with Crippen molar-refractivity contribution in [3.05, 3.63) is 71.5 Å². The number of carbonyl (C=O) groups is 2. The first-order valence-electron chi connectivity index (χ1n) is 13.4. The molecule has 36 heavy (non-hydrogen) atoms. The molecule has 1 N–H and O–H groups in total. The van der Waals surface area contributed by atoms with Crippen LogP contribution in [0.3, 0.4) is 0 Å². The number of nitrogens with zero attached hydrogens (tertiary/aromatic N) is 2. The van der Waals surface area contributed by atoms with Gasteiger partial charge in [0.1, 0.15) is 5.58 Å². The number of fused-ring (bicyclic) bond motifs is 1. The minimum Gasteiger partial charge on any atom is -0.451 e. The van der Waals surface area contributed by atoms with Crippen LogP contribution in [-0.2, 0) is 10.4 Å². The van der Waals surface area contributed by atoms with Gasteiger partial charge in [0.2, 0.25) is 5.91 Å². The maximum Gasteiger partial charge on any atom is 0.289 e. The van der Waals surface area contributed by atoms with E-state index >= 15 is 0 Å². The molecule has 2 aliphatic heterocycles. The zero-order chi connectivity index (χ0) is 25.1. The van der Waals surface area contributed by atoms with Crippen LogP contribution in [0.2, 0.25) is 0 Å². The molecule has 0 saturated carbocycles. The Hall–Kier alpha value is -3.12. The summed E-state index contributed by atoms with van der Waals surface area (Å²) in [4.78, 5) is 29.3. The van der Waals surface area contributed by atoms with Gasteiger partial charge in [0.05, 0.1) is 5.60 Å². The summed E-state index contributed by atoms with van der Waals surface area (Å²) in [6, 6.07) is 18.0. The molecule has 2 amide bonds. The largest absolute Gasteiger partial charge is 0.451 e. The van der Waals surface area contributed by atoms with Crippen molar-refractivity contribution >= 4 is 22.8 Å². The van der Waals surface area contributed by atoms with E-state index in [0.717, 1.165) is 43.2 Å². The number of amides is 2. The van der Waals surface area contributed by atoms with Crippen LogP contribution >= 0.6 is 0 Å². The number of aliphatic hydroxyl groups is 1. The second kappa shape index (κ2) is 10.5. The number of likely N-dealkylation sites (tertiary alicyclic amines) is 2. The Kier molecular flexibility index (Phi) is 7.15. The molecule has 0 spiro atoms. The Bertz CT molecular complexity index is 1210. The molecule has 2 fully saturated rings. The third-order valence-corrected chi connectivity index (χ3v) is 7.96. The van der Waals surface area contributed by atoms with E-state index in [1.807, 2.05) is 47.1 Å². The maximum absolute atomic E-state index is 13.3. The summed E-state index contributed by atoms with van der Waals surface area (Å²) in [6.45, 7) is 4.57. The van der Waals surface area contributed by atoms with Crippen LogP contribution in [0.25, 0.3) is 11.0 Å². The number of furan rings is 1.